The van der Waals surface area contributed by atoms with Gasteiger partial charge in [0.2, 0.25) is 5.91 Å². The second-order valence-corrected chi connectivity index (χ2v) is 9.54. The Morgan fingerprint density at radius 1 is 1.09 bits per heavy atom. The molecule has 4 rings (SSSR count). The average molecular weight is 481 g/mol. The number of benzene rings is 2. The lowest BCUT2D eigenvalue weighted by Crippen LogP contribution is -2.61. The van der Waals surface area contributed by atoms with E-state index < -0.39 is 36.2 Å². The summed E-state index contributed by atoms with van der Waals surface area (Å²) in [5.41, 5.74) is 4.46. The molecule has 0 saturated carbocycles. The van der Waals surface area contributed by atoms with Gasteiger partial charge in [-0.2, -0.15) is 0 Å². The van der Waals surface area contributed by atoms with Crippen LogP contribution in [0.5, 0.6) is 0 Å². The number of carbonyl (C=O) groups is 3. The quantitative estimate of drug-likeness (QED) is 0.627. The zero-order chi connectivity index (χ0) is 25.1. The normalized spacial score (nSPS) is 20.2. The minimum absolute atomic E-state index is 0.0936. The first-order valence-electron chi connectivity index (χ1n) is 12.0. The molecule has 2 aromatic carbocycles. The van der Waals surface area contributed by atoms with Crippen molar-refractivity contribution in [1.82, 2.24) is 10.2 Å². The van der Waals surface area contributed by atoms with Gasteiger partial charge in [0.15, 0.2) is 6.04 Å². The van der Waals surface area contributed by atoms with E-state index in [-0.39, 0.29) is 31.6 Å². The Morgan fingerprint density at radius 2 is 1.69 bits per heavy atom. The van der Waals surface area contributed by atoms with Crippen LogP contribution in [0.2, 0.25) is 0 Å². The summed E-state index contributed by atoms with van der Waals surface area (Å²) in [5, 5.41) is 12.4. The van der Waals surface area contributed by atoms with Crippen LogP contribution in [-0.2, 0) is 19.1 Å². The van der Waals surface area contributed by atoms with Crippen molar-refractivity contribution in [3.63, 3.8) is 0 Å². The molecule has 1 fully saturated rings. The molecule has 1 heterocycles. The Kier molecular flexibility index (Phi) is 7.40. The lowest BCUT2D eigenvalue weighted by Gasteiger charge is -2.39. The highest BCUT2D eigenvalue weighted by Gasteiger charge is 2.41. The van der Waals surface area contributed by atoms with Crippen molar-refractivity contribution in [3.8, 4) is 11.1 Å². The third-order valence-corrected chi connectivity index (χ3v) is 6.67. The third-order valence-electron chi connectivity index (χ3n) is 6.67. The highest BCUT2D eigenvalue weighted by Crippen LogP contribution is 2.44. The first-order valence-corrected chi connectivity index (χ1v) is 12.0. The molecule has 3 atom stereocenters. The molecular weight excluding hydrogens is 448 g/mol. The van der Waals surface area contributed by atoms with Crippen LogP contribution >= 0.6 is 0 Å². The van der Waals surface area contributed by atoms with E-state index in [0.29, 0.717) is 6.42 Å². The van der Waals surface area contributed by atoms with E-state index in [1.807, 2.05) is 50.2 Å². The first kappa shape index (κ1) is 24.7. The molecule has 0 aromatic heterocycles. The number of carbonyl (C=O) groups excluding carboxylic acids is 2. The first-order chi connectivity index (χ1) is 16.8. The van der Waals surface area contributed by atoms with Crippen LogP contribution in [0.3, 0.4) is 0 Å². The standard InChI is InChI=1S/C27H32N2O6/c1-16(2)14-23(25(30)29-12-13-34-17(3)24(29)26(31)32)28-27(33)35-15-22-20-10-6-4-8-18(20)19-9-5-7-11-21(19)22/h4-11,16-17,22-24H,12-15H2,1-3H3,(H,28,33)(H,31,32). The van der Waals surface area contributed by atoms with Crippen molar-refractivity contribution in [2.45, 2.75) is 51.3 Å². The molecular formula is C27H32N2O6. The van der Waals surface area contributed by atoms with Gasteiger partial charge in [0, 0.05) is 12.5 Å². The summed E-state index contributed by atoms with van der Waals surface area (Å²) in [4.78, 5) is 39.3. The van der Waals surface area contributed by atoms with Crippen LogP contribution in [-0.4, -0.2) is 65.9 Å². The fourth-order valence-corrected chi connectivity index (χ4v) is 5.08. The highest BCUT2D eigenvalue weighted by atomic mass is 16.5. The maximum atomic E-state index is 13.4. The van der Waals surface area contributed by atoms with Gasteiger partial charge in [-0.05, 0) is 41.5 Å². The van der Waals surface area contributed by atoms with E-state index in [9.17, 15) is 19.5 Å². The number of nitrogens with zero attached hydrogens (tertiary/aromatic N) is 1. The van der Waals surface area contributed by atoms with E-state index in [0.717, 1.165) is 22.3 Å². The lowest BCUT2D eigenvalue weighted by atomic mass is 9.98. The Bertz CT molecular complexity index is 1060. The van der Waals surface area contributed by atoms with E-state index in [1.54, 1.807) is 6.92 Å². The third kappa shape index (κ3) is 5.17. The van der Waals surface area contributed by atoms with Gasteiger partial charge in [-0.15, -0.1) is 0 Å². The van der Waals surface area contributed by atoms with Crippen molar-refractivity contribution in [3.05, 3.63) is 59.7 Å². The molecule has 2 aromatic rings. The number of ether oxygens (including phenoxy) is 2. The van der Waals surface area contributed by atoms with Gasteiger partial charge in [0.1, 0.15) is 12.6 Å². The molecule has 8 heteroatoms. The number of carboxylic acids is 1. The van der Waals surface area contributed by atoms with Crippen LogP contribution in [0.15, 0.2) is 48.5 Å². The number of aliphatic carboxylic acids is 1. The number of amides is 2. The zero-order valence-corrected chi connectivity index (χ0v) is 20.3. The molecule has 0 bridgehead atoms. The Morgan fingerprint density at radius 3 is 2.26 bits per heavy atom. The molecule has 3 unspecified atom stereocenters. The predicted octanol–water partition coefficient (Wildman–Crippen LogP) is 3.64. The van der Waals surface area contributed by atoms with Crippen LogP contribution in [0, 0.1) is 5.92 Å². The maximum absolute atomic E-state index is 13.4. The van der Waals surface area contributed by atoms with Crippen molar-refractivity contribution in [1.29, 1.82) is 0 Å². The zero-order valence-electron chi connectivity index (χ0n) is 20.3. The Labute approximate surface area is 205 Å². The molecule has 186 valence electrons. The van der Waals surface area contributed by atoms with Crippen LogP contribution in [0.4, 0.5) is 4.79 Å². The van der Waals surface area contributed by atoms with Gasteiger partial charge in [0.25, 0.3) is 0 Å². The van der Waals surface area contributed by atoms with Gasteiger partial charge >= 0.3 is 12.1 Å². The number of carboxylic acid groups (broad SMARTS) is 1. The molecule has 1 aliphatic carbocycles. The summed E-state index contributed by atoms with van der Waals surface area (Å²) in [6.45, 7) is 6.05. The fraction of sp³-hybridized carbons (Fsp3) is 0.444. The Hall–Kier alpha value is -3.39. The average Bonchev–Trinajstić information content (AvgIpc) is 3.15. The molecule has 2 aliphatic rings. The minimum atomic E-state index is -1.13. The lowest BCUT2D eigenvalue weighted by molar-refractivity contribution is -0.165. The van der Waals surface area contributed by atoms with Gasteiger partial charge in [-0.1, -0.05) is 62.4 Å². The summed E-state index contributed by atoms with van der Waals surface area (Å²) in [6.07, 6.45) is -0.973. The Balaban J connectivity index is 1.46. The second-order valence-electron chi connectivity index (χ2n) is 9.54. The van der Waals surface area contributed by atoms with Gasteiger partial charge in [0.05, 0.1) is 12.7 Å². The summed E-state index contributed by atoms with van der Waals surface area (Å²) in [7, 11) is 0. The summed E-state index contributed by atoms with van der Waals surface area (Å²) in [6, 6.07) is 14.1. The molecule has 2 N–H and O–H groups in total. The fourth-order valence-electron chi connectivity index (χ4n) is 5.08. The van der Waals surface area contributed by atoms with Crippen molar-refractivity contribution in [2.75, 3.05) is 19.8 Å². The number of hydrogen-bond donors (Lipinski definition) is 2. The predicted molar refractivity (Wildman–Crippen MR) is 130 cm³/mol. The van der Waals surface area contributed by atoms with Crippen LogP contribution in [0.1, 0.15) is 44.2 Å². The number of nitrogens with one attached hydrogen (secondary N) is 1. The molecule has 0 radical (unpaired) electrons. The summed E-state index contributed by atoms with van der Waals surface area (Å²) < 4.78 is 11.1. The monoisotopic (exact) mass is 480 g/mol. The van der Waals surface area contributed by atoms with Gasteiger partial charge in [-0.25, -0.2) is 9.59 Å². The molecule has 8 nitrogen and oxygen atoms in total. The van der Waals surface area contributed by atoms with Gasteiger partial charge < -0.3 is 24.8 Å². The largest absolute Gasteiger partial charge is 0.480 e. The summed E-state index contributed by atoms with van der Waals surface area (Å²) in [5.74, 6) is -1.56. The number of morpholine rings is 1. The van der Waals surface area contributed by atoms with E-state index in [2.05, 4.69) is 17.4 Å². The van der Waals surface area contributed by atoms with E-state index >= 15 is 0 Å². The molecule has 0 spiro atoms. The van der Waals surface area contributed by atoms with Gasteiger partial charge in [-0.3, -0.25) is 4.79 Å². The second kappa shape index (κ2) is 10.5. The topological polar surface area (TPSA) is 105 Å². The number of hydrogen-bond acceptors (Lipinski definition) is 5. The molecule has 1 aliphatic heterocycles. The number of alkyl carbamates (subject to hydrolysis) is 1. The van der Waals surface area contributed by atoms with Crippen LogP contribution in [0.25, 0.3) is 11.1 Å². The van der Waals surface area contributed by atoms with E-state index in [4.69, 9.17) is 9.47 Å². The minimum Gasteiger partial charge on any atom is -0.480 e. The van der Waals surface area contributed by atoms with Crippen molar-refractivity contribution < 1.29 is 29.0 Å². The molecule has 1 saturated heterocycles. The van der Waals surface area contributed by atoms with Crippen molar-refractivity contribution >= 4 is 18.0 Å². The van der Waals surface area contributed by atoms with E-state index in [1.165, 1.54) is 4.90 Å². The highest BCUT2D eigenvalue weighted by molar-refractivity contribution is 5.90. The van der Waals surface area contributed by atoms with Crippen molar-refractivity contribution in [2.24, 2.45) is 5.92 Å². The molecule has 2 amide bonds. The maximum Gasteiger partial charge on any atom is 0.407 e. The number of rotatable bonds is 7. The molecule has 35 heavy (non-hydrogen) atoms. The SMILES string of the molecule is CC(C)CC(NC(=O)OCC1c2ccccc2-c2ccccc21)C(=O)N1CCOC(C)C1C(=O)O. The smallest absolute Gasteiger partial charge is 0.407 e. The number of fused-ring (bicyclic) bond motifs is 3. The summed E-state index contributed by atoms with van der Waals surface area (Å²) >= 11 is 0. The van der Waals surface area contributed by atoms with Crippen LogP contribution < -0.4 is 5.32 Å².